The monoisotopic (exact) mass is 646 g/mol. The molecule has 0 aliphatic rings. The minimum Gasteiger partial charge on any atom is -0.726 e. The second-order valence-corrected chi connectivity index (χ2v) is 12.2. The second kappa shape index (κ2) is 42.0. The van der Waals surface area contributed by atoms with Crippen molar-refractivity contribution in [1.29, 1.82) is 0 Å². The number of aliphatic hydroxyl groups excluding tert-OH is 2. The molecule has 0 aromatic heterocycles. The summed E-state index contributed by atoms with van der Waals surface area (Å²) in [5.41, 5.74) is 0. The van der Waals surface area contributed by atoms with Crippen molar-refractivity contribution in [3.8, 4) is 0 Å². The fraction of sp³-hybridized carbons (Fsp3) is 0.909. The SMILES string of the molecule is CC(O)CO.CCCCCCCC/C=C\CCCCCCCC(=O)O.CCCCCCCCCCCCOS(=O)(=O)[O-].[Na+]. The fourth-order valence-corrected chi connectivity index (χ4v) is 4.42. The molecule has 0 saturated heterocycles. The average Bonchev–Trinajstić information content (AvgIpc) is 2.93. The molecule has 0 aromatic rings. The van der Waals surface area contributed by atoms with Crippen molar-refractivity contribution >= 4 is 16.4 Å². The van der Waals surface area contributed by atoms with E-state index >= 15 is 0 Å². The van der Waals surface area contributed by atoms with Crippen LogP contribution in [0.1, 0.15) is 175 Å². The summed E-state index contributed by atoms with van der Waals surface area (Å²) in [6.07, 6.45) is 32.4. The minimum atomic E-state index is -4.48. The van der Waals surface area contributed by atoms with Crippen molar-refractivity contribution in [1.82, 2.24) is 0 Å². The van der Waals surface area contributed by atoms with Crippen molar-refractivity contribution in [2.24, 2.45) is 0 Å². The van der Waals surface area contributed by atoms with Crippen molar-refractivity contribution in [3.63, 3.8) is 0 Å². The first-order valence-electron chi connectivity index (χ1n) is 16.9. The Balaban J connectivity index is -0.000000302. The Morgan fingerprint density at radius 1 is 0.698 bits per heavy atom. The van der Waals surface area contributed by atoms with E-state index in [-0.39, 0.29) is 42.8 Å². The third-order valence-corrected chi connectivity index (χ3v) is 7.10. The van der Waals surface area contributed by atoms with Gasteiger partial charge in [-0.05, 0) is 45.4 Å². The number of carboxylic acid groups (broad SMARTS) is 1. The van der Waals surface area contributed by atoms with Crippen LogP contribution in [-0.4, -0.2) is 53.6 Å². The molecule has 10 heteroatoms. The van der Waals surface area contributed by atoms with Gasteiger partial charge in [-0.1, -0.05) is 135 Å². The maximum atomic E-state index is 10.3. The van der Waals surface area contributed by atoms with Crippen LogP contribution in [0, 0.1) is 0 Å². The van der Waals surface area contributed by atoms with E-state index in [4.69, 9.17) is 15.3 Å². The van der Waals surface area contributed by atoms with Gasteiger partial charge in [0.25, 0.3) is 0 Å². The third kappa shape index (κ3) is 61.7. The zero-order chi connectivity index (χ0) is 32.2. The Kier molecular flexibility index (Phi) is 48.7. The van der Waals surface area contributed by atoms with Gasteiger partial charge >= 0.3 is 35.5 Å². The van der Waals surface area contributed by atoms with Crippen LogP contribution < -0.4 is 29.6 Å². The Labute approximate surface area is 288 Å². The summed E-state index contributed by atoms with van der Waals surface area (Å²) >= 11 is 0. The van der Waals surface area contributed by atoms with Crippen LogP contribution in [0.25, 0.3) is 0 Å². The molecule has 3 N–H and O–H groups in total. The van der Waals surface area contributed by atoms with E-state index in [0.717, 1.165) is 25.7 Å². The molecule has 1 unspecified atom stereocenters. The van der Waals surface area contributed by atoms with Gasteiger partial charge in [0, 0.05) is 6.42 Å². The van der Waals surface area contributed by atoms with Gasteiger partial charge < -0.3 is 19.9 Å². The molecule has 0 radical (unpaired) electrons. The molecule has 8 nitrogen and oxygen atoms in total. The van der Waals surface area contributed by atoms with E-state index in [1.54, 1.807) is 0 Å². The number of rotatable bonds is 28. The quantitative estimate of drug-likeness (QED) is 0.0315. The van der Waals surface area contributed by atoms with Crippen molar-refractivity contribution < 1.29 is 66.8 Å². The number of carbonyl (C=O) groups is 1. The fourth-order valence-electron chi connectivity index (χ4n) is 4.10. The number of hydrogen-bond donors (Lipinski definition) is 3. The van der Waals surface area contributed by atoms with Gasteiger partial charge in [-0.25, -0.2) is 8.42 Å². The second-order valence-electron chi connectivity index (χ2n) is 11.2. The van der Waals surface area contributed by atoms with E-state index in [9.17, 15) is 17.8 Å². The molecule has 0 rings (SSSR count). The Bertz CT molecular complexity index is 657. The normalized spacial score (nSPS) is 11.7. The van der Waals surface area contributed by atoms with Crippen LogP contribution in [0.5, 0.6) is 0 Å². The molecule has 0 saturated carbocycles. The summed E-state index contributed by atoms with van der Waals surface area (Å²) in [7, 11) is -4.48. The Morgan fingerprint density at radius 3 is 1.35 bits per heavy atom. The van der Waals surface area contributed by atoms with E-state index in [1.807, 2.05) is 0 Å². The van der Waals surface area contributed by atoms with Gasteiger partial charge in [0.15, 0.2) is 0 Å². The number of unbranched alkanes of at least 4 members (excludes halogenated alkanes) is 20. The van der Waals surface area contributed by atoms with Gasteiger partial charge in [0.05, 0.1) is 19.3 Å². The Morgan fingerprint density at radius 2 is 1.02 bits per heavy atom. The predicted molar refractivity (Wildman–Crippen MR) is 173 cm³/mol. The summed E-state index contributed by atoms with van der Waals surface area (Å²) < 4.78 is 34.5. The van der Waals surface area contributed by atoms with Gasteiger partial charge in [0.1, 0.15) is 0 Å². The van der Waals surface area contributed by atoms with Crippen LogP contribution in [0.4, 0.5) is 0 Å². The van der Waals surface area contributed by atoms with Gasteiger partial charge in [-0.2, -0.15) is 0 Å². The summed E-state index contributed by atoms with van der Waals surface area (Å²) in [4.78, 5) is 10.3. The molecule has 0 fully saturated rings. The summed E-state index contributed by atoms with van der Waals surface area (Å²) in [5.74, 6) is -0.664. The Hall–Kier alpha value is -0.000000000000000222. The zero-order valence-corrected chi connectivity index (χ0v) is 31.2. The maximum Gasteiger partial charge on any atom is 1.00 e. The molecule has 1 atom stereocenters. The van der Waals surface area contributed by atoms with Crippen molar-refractivity contribution in [3.05, 3.63) is 12.2 Å². The number of carboxylic acids is 1. The first-order valence-corrected chi connectivity index (χ1v) is 18.2. The first-order chi connectivity index (χ1) is 20.1. The van der Waals surface area contributed by atoms with Crippen molar-refractivity contribution in [2.45, 2.75) is 181 Å². The smallest absolute Gasteiger partial charge is 0.726 e. The largest absolute Gasteiger partial charge is 1.00 e. The summed E-state index contributed by atoms with van der Waals surface area (Å²) in [5, 5.41) is 24.5. The standard InChI is InChI=1S/C18H34O2.C12H26O4S.C3H8O2.Na/c1-2-3-4-5-6-7-8-9-10-11-12-13-14-15-16-17-18(19)20;1-2-3-4-5-6-7-8-9-10-11-12-16-17(13,14)15;1-3(5)2-4;/h9-10H,2-8,11-17H2,1H3,(H,19,20);2-12H2,1H3,(H,13,14,15);3-5H,2H2,1H3;/q;;;+1/p-1/b10-9-;;;. The molecule has 0 aliphatic carbocycles. The van der Waals surface area contributed by atoms with Gasteiger partial charge in [0.2, 0.25) is 10.4 Å². The number of allylic oxidation sites excluding steroid dienone is 2. The van der Waals surface area contributed by atoms with Crippen LogP contribution >= 0.6 is 0 Å². The molecule has 43 heavy (non-hydrogen) atoms. The topological polar surface area (TPSA) is 144 Å². The molecular formula is C33H67NaO8S. The van der Waals surface area contributed by atoms with Gasteiger partial charge in [-0.15, -0.1) is 0 Å². The van der Waals surface area contributed by atoms with E-state index in [1.165, 1.54) is 122 Å². The van der Waals surface area contributed by atoms with Gasteiger partial charge in [-0.3, -0.25) is 8.98 Å². The predicted octanol–water partition coefficient (Wildman–Crippen LogP) is 5.86. The van der Waals surface area contributed by atoms with Crippen LogP contribution in [0.3, 0.4) is 0 Å². The number of aliphatic carboxylic acids is 1. The minimum absolute atomic E-state index is 0. The molecule has 0 heterocycles. The molecule has 0 aromatic carbocycles. The van der Waals surface area contributed by atoms with Crippen LogP contribution in [0.2, 0.25) is 0 Å². The van der Waals surface area contributed by atoms with Crippen LogP contribution in [0.15, 0.2) is 12.2 Å². The molecule has 0 amide bonds. The molecule has 254 valence electrons. The van der Waals surface area contributed by atoms with E-state index in [2.05, 4.69) is 30.2 Å². The number of hydrogen-bond acceptors (Lipinski definition) is 7. The summed E-state index contributed by atoms with van der Waals surface area (Å²) in [6, 6.07) is 0. The zero-order valence-electron chi connectivity index (χ0n) is 28.4. The molecule has 0 aliphatic heterocycles. The van der Waals surface area contributed by atoms with E-state index < -0.39 is 22.5 Å². The third-order valence-electron chi connectivity index (χ3n) is 6.64. The van der Waals surface area contributed by atoms with Crippen molar-refractivity contribution in [2.75, 3.05) is 13.2 Å². The maximum absolute atomic E-state index is 10.3. The average molecular weight is 647 g/mol. The number of aliphatic hydroxyl groups is 2. The molecule has 0 bridgehead atoms. The summed E-state index contributed by atoms with van der Waals surface area (Å²) in [6.45, 7) is 5.89. The molecule has 0 spiro atoms. The van der Waals surface area contributed by atoms with Crippen LogP contribution in [-0.2, 0) is 19.4 Å². The van der Waals surface area contributed by atoms with E-state index in [0.29, 0.717) is 12.8 Å². The first kappa shape index (κ1) is 49.9. The molecular weight excluding hydrogens is 579 g/mol.